The van der Waals surface area contributed by atoms with Crippen molar-refractivity contribution in [3.05, 3.63) is 66.0 Å². The van der Waals surface area contributed by atoms with Crippen LogP contribution in [0.2, 0.25) is 0 Å². The highest BCUT2D eigenvalue weighted by atomic mass is 19.1. The number of pyridine rings is 1. The number of halogens is 2. The van der Waals surface area contributed by atoms with Gasteiger partial charge in [-0.15, -0.1) is 0 Å². The van der Waals surface area contributed by atoms with Gasteiger partial charge in [0.1, 0.15) is 17.6 Å². The summed E-state index contributed by atoms with van der Waals surface area (Å²) >= 11 is 0. The molecule has 0 saturated heterocycles. The first kappa shape index (κ1) is 27.5. The van der Waals surface area contributed by atoms with Crippen LogP contribution in [-0.4, -0.2) is 39.4 Å². The van der Waals surface area contributed by atoms with E-state index in [1.165, 1.54) is 0 Å². The monoisotopic (exact) mass is 538 g/mol. The summed E-state index contributed by atoms with van der Waals surface area (Å²) in [5, 5.41) is 10.8. The number of rotatable bonds is 14. The molecular formula is C31H36F2N2O4. The molecule has 5 rings (SSSR count). The zero-order chi connectivity index (χ0) is 27.6. The Balaban J connectivity index is 1.51. The third kappa shape index (κ3) is 5.92. The summed E-state index contributed by atoms with van der Waals surface area (Å²) in [5.41, 5.74) is 3.15. The lowest BCUT2D eigenvalue weighted by molar-refractivity contribution is -0.0387. The SMILES string of the molecule is C=CC(F)OCc1cc(-c2cnc3cc(C4(O)CCC4)ccn23)cc(OCCC)c1C(=O)CCC[C@@H]1C[C@@H]1F. The molecule has 0 aliphatic heterocycles. The largest absolute Gasteiger partial charge is 0.493 e. The highest BCUT2D eigenvalue weighted by Gasteiger charge is 2.37. The van der Waals surface area contributed by atoms with Crippen LogP contribution < -0.4 is 4.74 Å². The predicted octanol–water partition coefficient (Wildman–Crippen LogP) is 6.87. The Hall–Kier alpha value is -3.10. The lowest BCUT2D eigenvalue weighted by Gasteiger charge is -2.37. The van der Waals surface area contributed by atoms with E-state index in [4.69, 9.17) is 9.47 Å². The summed E-state index contributed by atoms with van der Waals surface area (Å²) in [6, 6.07) is 7.45. The number of carbonyl (C=O) groups is 1. The summed E-state index contributed by atoms with van der Waals surface area (Å²) in [6.45, 7) is 5.67. The third-order valence-corrected chi connectivity index (χ3v) is 7.85. The predicted molar refractivity (Wildman–Crippen MR) is 145 cm³/mol. The average molecular weight is 539 g/mol. The number of aromatic nitrogens is 2. The maximum atomic E-state index is 14.0. The standard InChI is InChI=1S/C31H36F2N2O4/c1-3-13-38-27-16-21(25-18-34-29-17-23(9-12-35(25)29)31(37)10-6-11-31)14-22(19-39-28(33)4-2)30(27)26(36)8-5-7-20-15-24(20)32/h4,9,12,14,16-18,20,24,28,37H,2-3,5-8,10-11,13,15,19H2,1H3/t20-,24+,28?/m1/s1. The smallest absolute Gasteiger partial charge is 0.218 e. The molecule has 0 bridgehead atoms. The zero-order valence-corrected chi connectivity index (χ0v) is 22.4. The van der Waals surface area contributed by atoms with Crippen LogP contribution in [0.3, 0.4) is 0 Å². The van der Waals surface area contributed by atoms with Crippen LogP contribution in [0.15, 0.2) is 49.3 Å². The van der Waals surface area contributed by atoms with Gasteiger partial charge < -0.3 is 14.6 Å². The molecule has 0 radical (unpaired) electrons. The van der Waals surface area contributed by atoms with Gasteiger partial charge in [0.05, 0.1) is 36.3 Å². The molecule has 2 aliphatic carbocycles. The lowest BCUT2D eigenvalue weighted by atomic mass is 9.75. The molecule has 2 aromatic heterocycles. The Labute approximate surface area is 227 Å². The first-order valence-electron chi connectivity index (χ1n) is 13.9. The van der Waals surface area contributed by atoms with Crippen molar-refractivity contribution in [2.45, 2.75) is 83.0 Å². The molecule has 6 nitrogen and oxygen atoms in total. The average Bonchev–Trinajstić information content (AvgIpc) is 3.46. The van der Waals surface area contributed by atoms with Crippen LogP contribution in [0.5, 0.6) is 5.75 Å². The van der Waals surface area contributed by atoms with Gasteiger partial charge in [-0.1, -0.05) is 13.5 Å². The highest BCUT2D eigenvalue weighted by Crippen LogP contribution is 2.42. The van der Waals surface area contributed by atoms with E-state index in [2.05, 4.69) is 11.6 Å². The molecule has 3 atom stereocenters. The van der Waals surface area contributed by atoms with Crippen molar-refractivity contribution in [1.82, 2.24) is 9.38 Å². The minimum atomic E-state index is -1.68. The molecule has 208 valence electrons. The van der Waals surface area contributed by atoms with Crippen molar-refractivity contribution in [3.8, 4) is 17.0 Å². The number of ketones is 1. The molecule has 1 unspecified atom stereocenters. The van der Waals surface area contributed by atoms with Crippen molar-refractivity contribution in [2.24, 2.45) is 5.92 Å². The first-order valence-corrected chi connectivity index (χ1v) is 13.9. The quantitative estimate of drug-likeness (QED) is 0.179. The Morgan fingerprint density at radius 2 is 2.15 bits per heavy atom. The Kier molecular flexibility index (Phi) is 8.14. The van der Waals surface area contributed by atoms with Crippen molar-refractivity contribution in [2.75, 3.05) is 6.61 Å². The van der Waals surface area contributed by atoms with Crippen molar-refractivity contribution in [1.29, 1.82) is 0 Å². The molecule has 2 heterocycles. The third-order valence-electron chi connectivity index (χ3n) is 7.85. The topological polar surface area (TPSA) is 73.1 Å². The van der Waals surface area contributed by atoms with Crippen LogP contribution in [0, 0.1) is 5.92 Å². The number of aliphatic hydroxyl groups is 1. The maximum Gasteiger partial charge on any atom is 0.218 e. The molecule has 0 amide bonds. The lowest BCUT2D eigenvalue weighted by Crippen LogP contribution is -2.33. The van der Waals surface area contributed by atoms with Crippen molar-refractivity contribution >= 4 is 11.4 Å². The number of nitrogens with zero attached hydrogens (tertiary/aromatic N) is 2. The number of Topliss-reactive ketones (excluding diaryl/α,β-unsaturated/α-hetero) is 1. The normalized spacial score (nSPS) is 20.4. The molecule has 39 heavy (non-hydrogen) atoms. The fraction of sp³-hybridized carbons (Fsp3) is 0.484. The van der Waals surface area contributed by atoms with Gasteiger partial charge in [-0.05, 0) is 92.3 Å². The first-order chi connectivity index (χ1) is 18.8. The number of imidazole rings is 1. The van der Waals surface area contributed by atoms with Gasteiger partial charge in [-0.3, -0.25) is 9.20 Å². The van der Waals surface area contributed by atoms with Crippen LogP contribution in [0.1, 0.15) is 79.8 Å². The molecule has 0 spiro atoms. The summed E-state index contributed by atoms with van der Waals surface area (Å²) in [7, 11) is 0. The minimum absolute atomic E-state index is 0.0549. The van der Waals surface area contributed by atoms with E-state index in [1.54, 1.807) is 6.20 Å². The van der Waals surface area contributed by atoms with Crippen molar-refractivity contribution < 1.29 is 28.2 Å². The zero-order valence-electron chi connectivity index (χ0n) is 22.4. The van der Waals surface area contributed by atoms with Gasteiger partial charge in [0, 0.05) is 18.2 Å². The fourth-order valence-corrected chi connectivity index (χ4v) is 5.26. The second-order valence-electron chi connectivity index (χ2n) is 10.8. The van der Waals surface area contributed by atoms with E-state index in [0.717, 1.165) is 48.6 Å². The van der Waals surface area contributed by atoms with Gasteiger partial charge >= 0.3 is 0 Å². The number of carbonyl (C=O) groups excluding carboxylic acids is 1. The van der Waals surface area contributed by atoms with Gasteiger partial charge in [0.15, 0.2) is 5.78 Å². The Bertz CT molecular complexity index is 1350. The summed E-state index contributed by atoms with van der Waals surface area (Å²) in [5.74, 6) is 0.337. The summed E-state index contributed by atoms with van der Waals surface area (Å²) < 4.78 is 40.6. The van der Waals surface area contributed by atoms with Gasteiger partial charge in [-0.2, -0.15) is 0 Å². The number of hydrogen-bond donors (Lipinski definition) is 1. The van der Waals surface area contributed by atoms with Gasteiger partial charge in [0.2, 0.25) is 6.36 Å². The van der Waals surface area contributed by atoms with E-state index in [9.17, 15) is 18.7 Å². The maximum absolute atomic E-state index is 14.0. The molecule has 2 aliphatic rings. The van der Waals surface area contributed by atoms with E-state index in [0.29, 0.717) is 48.4 Å². The summed E-state index contributed by atoms with van der Waals surface area (Å²) in [6.07, 6.45) is 7.55. The van der Waals surface area contributed by atoms with Crippen LogP contribution >= 0.6 is 0 Å². The highest BCUT2D eigenvalue weighted by molar-refractivity contribution is 6.01. The van der Waals surface area contributed by atoms with E-state index in [-0.39, 0.29) is 24.7 Å². The number of hydrogen-bond acceptors (Lipinski definition) is 5. The van der Waals surface area contributed by atoms with E-state index in [1.807, 2.05) is 41.8 Å². The van der Waals surface area contributed by atoms with Crippen molar-refractivity contribution in [3.63, 3.8) is 0 Å². The van der Waals surface area contributed by atoms with Crippen LogP contribution in [0.4, 0.5) is 8.78 Å². The molecule has 2 saturated carbocycles. The number of benzene rings is 1. The summed E-state index contributed by atoms with van der Waals surface area (Å²) in [4.78, 5) is 18.0. The van der Waals surface area contributed by atoms with Gasteiger partial charge in [-0.25, -0.2) is 13.8 Å². The van der Waals surface area contributed by atoms with Gasteiger partial charge in [0.25, 0.3) is 0 Å². The fourth-order valence-electron chi connectivity index (χ4n) is 5.26. The molecule has 1 aromatic carbocycles. The Morgan fingerprint density at radius 3 is 2.82 bits per heavy atom. The minimum Gasteiger partial charge on any atom is -0.493 e. The number of alkyl halides is 2. The van der Waals surface area contributed by atoms with Crippen LogP contribution in [-0.2, 0) is 16.9 Å². The second-order valence-corrected chi connectivity index (χ2v) is 10.8. The second kappa shape index (κ2) is 11.6. The number of fused-ring (bicyclic) bond motifs is 1. The molecule has 2 fully saturated rings. The van der Waals surface area contributed by atoms with Crippen LogP contribution in [0.25, 0.3) is 16.9 Å². The molecule has 8 heteroatoms. The van der Waals surface area contributed by atoms with E-state index < -0.39 is 18.1 Å². The molecule has 3 aromatic rings. The Morgan fingerprint density at radius 1 is 1.36 bits per heavy atom. The van der Waals surface area contributed by atoms with E-state index >= 15 is 0 Å². The molecule has 1 N–H and O–H groups in total. The molecular weight excluding hydrogens is 502 g/mol. The number of ether oxygens (including phenoxy) is 2.